The Labute approximate surface area is 152 Å². The molecule has 1 aliphatic rings. The van der Waals surface area contributed by atoms with Gasteiger partial charge in [0.05, 0.1) is 18.6 Å². The largest absolute Gasteiger partial charge is 0.507 e. The minimum absolute atomic E-state index is 0.0287. The number of aromatic hydroxyl groups is 1. The Morgan fingerprint density at radius 1 is 1.35 bits per heavy atom. The number of carbonyl (C=O) groups excluding carboxylic acids is 2. The van der Waals surface area contributed by atoms with E-state index in [1.807, 2.05) is 25.1 Å². The number of hydrogen-bond donors (Lipinski definition) is 1. The minimum atomic E-state index is -0.230. The standard InChI is InChI=1S/C21H22O5/c1-13(21(24)25-2)9-14-3-4-15-6-8-19(26-20(15)10-14)16-5-7-18(23)17(11-16)12-22/h3-5,7,10-13,19,23H,6,8-9H2,1-2H3/t13-,19-/m0/s1. The summed E-state index contributed by atoms with van der Waals surface area (Å²) in [5.41, 5.74) is 3.27. The molecule has 1 heterocycles. The molecule has 0 radical (unpaired) electrons. The number of rotatable bonds is 5. The Morgan fingerprint density at radius 2 is 2.15 bits per heavy atom. The summed E-state index contributed by atoms with van der Waals surface area (Å²) in [6.45, 7) is 1.84. The molecule has 1 aliphatic heterocycles. The first-order valence-electron chi connectivity index (χ1n) is 8.66. The summed E-state index contributed by atoms with van der Waals surface area (Å²) in [5, 5.41) is 9.67. The number of benzene rings is 2. The summed E-state index contributed by atoms with van der Waals surface area (Å²) in [6, 6.07) is 11.0. The molecule has 0 saturated carbocycles. The molecule has 0 fully saturated rings. The highest BCUT2D eigenvalue weighted by Crippen LogP contribution is 2.36. The Balaban J connectivity index is 1.80. The average Bonchev–Trinajstić information content (AvgIpc) is 2.67. The molecule has 2 atom stereocenters. The van der Waals surface area contributed by atoms with E-state index in [1.54, 1.807) is 12.1 Å². The van der Waals surface area contributed by atoms with Crippen molar-refractivity contribution in [2.24, 2.45) is 5.92 Å². The van der Waals surface area contributed by atoms with Crippen molar-refractivity contribution in [1.29, 1.82) is 0 Å². The second-order valence-electron chi connectivity index (χ2n) is 6.65. The van der Waals surface area contributed by atoms with Crippen molar-refractivity contribution in [2.45, 2.75) is 32.3 Å². The molecule has 26 heavy (non-hydrogen) atoms. The zero-order valence-corrected chi connectivity index (χ0v) is 14.9. The van der Waals surface area contributed by atoms with Crippen LogP contribution in [0.2, 0.25) is 0 Å². The first kappa shape index (κ1) is 18.0. The minimum Gasteiger partial charge on any atom is -0.507 e. The number of ether oxygens (including phenoxy) is 2. The van der Waals surface area contributed by atoms with E-state index in [9.17, 15) is 14.7 Å². The first-order valence-corrected chi connectivity index (χ1v) is 8.66. The van der Waals surface area contributed by atoms with Crippen LogP contribution in [0.15, 0.2) is 36.4 Å². The summed E-state index contributed by atoms with van der Waals surface area (Å²) in [5.74, 6) is 0.326. The van der Waals surface area contributed by atoms with Crippen molar-refractivity contribution >= 4 is 12.3 Å². The SMILES string of the molecule is COC(=O)[C@@H](C)Cc1ccc2c(c1)O[C@H](c1ccc(O)c(C=O)c1)CC2. The lowest BCUT2D eigenvalue weighted by Crippen LogP contribution is -2.17. The Hall–Kier alpha value is -2.82. The van der Waals surface area contributed by atoms with E-state index in [2.05, 4.69) is 0 Å². The van der Waals surface area contributed by atoms with Crippen LogP contribution in [0.3, 0.4) is 0 Å². The summed E-state index contributed by atoms with van der Waals surface area (Å²) >= 11 is 0. The van der Waals surface area contributed by atoms with Crippen molar-refractivity contribution < 1.29 is 24.2 Å². The maximum atomic E-state index is 11.6. The number of hydrogen-bond acceptors (Lipinski definition) is 5. The quantitative estimate of drug-likeness (QED) is 0.656. The van der Waals surface area contributed by atoms with Gasteiger partial charge in [0.1, 0.15) is 17.6 Å². The predicted octanol–water partition coefficient (Wildman–Crippen LogP) is 3.62. The average molecular weight is 354 g/mol. The maximum Gasteiger partial charge on any atom is 0.308 e. The van der Waals surface area contributed by atoms with E-state index < -0.39 is 0 Å². The van der Waals surface area contributed by atoms with Crippen LogP contribution in [0.4, 0.5) is 0 Å². The number of methoxy groups -OCH3 is 1. The molecular formula is C21H22O5. The van der Waals surface area contributed by atoms with Crippen LogP contribution in [0, 0.1) is 5.92 Å². The van der Waals surface area contributed by atoms with Gasteiger partial charge in [0.2, 0.25) is 0 Å². The molecule has 3 rings (SSSR count). The number of aldehydes is 1. The third-order valence-electron chi connectivity index (χ3n) is 4.77. The summed E-state index contributed by atoms with van der Waals surface area (Å²) in [7, 11) is 1.39. The third kappa shape index (κ3) is 3.72. The lowest BCUT2D eigenvalue weighted by atomic mass is 9.94. The van der Waals surface area contributed by atoms with Gasteiger partial charge < -0.3 is 14.6 Å². The molecule has 5 nitrogen and oxygen atoms in total. The van der Waals surface area contributed by atoms with Gasteiger partial charge in [0.15, 0.2) is 6.29 Å². The molecule has 2 aromatic carbocycles. The highest BCUT2D eigenvalue weighted by atomic mass is 16.5. The second-order valence-corrected chi connectivity index (χ2v) is 6.65. The van der Waals surface area contributed by atoms with Crippen LogP contribution >= 0.6 is 0 Å². The Morgan fingerprint density at radius 3 is 2.88 bits per heavy atom. The number of esters is 1. The molecule has 136 valence electrons. The van der Waals surface area contributed by atoms with Crippen LogP contribution in [-0.4, -0.2) is 24.5 Å². The monoisotopic (exact) mass is 354 g/mol. The smallest absolute Gasteiger partial charge is 0.308 e. The van der Waals surface area contributed by atoms with E-state index in [-0.39, 0.29) is 29.3 Å². The molecule has 0 spiro atoms. The lowest BCUT2D eigenvalue weighted by molar-refractivity contribution is -0.144. The van der Waals surface area contributed by atoms with E-state index in [0.29, 0.717) is 12.7 Å². The summed E-state index contributed by atoms with van der Waals surface area (Å²) in [4.78, 5) is 22.7. The molecule has 0 amide bonds. The van der Waals surface area contributed by atoms with Gasteiger partial charge in [0, 0.05) is 0 Å². The number of carbonyl (C=O) groups is 2. The zero-order chi connectivity index (χ0) is 18.7. The Bertz CT molecular complexity index is 827. The zero-order valence-electron chi connectivity index (χ0n) is 14.9. The van der Waals surface area contributed by atoms with Gasteiger partial charge in [-0.1, -0.05) is 25.1 Å². The maximum absolute atomic E-state index is 11.6. The van der Waals surface area contributed by atoms with Gasteiger partial charge in [-0.25, -0.2) is 0 Å². The van der Waals surface area contributed by atoms with Gasteiger partial charge in [-0.2, -0.15) is 0 Å². The molecule has 1 N–H and O–H groups in total. The van der Waals surface area contributed by atoms with E-state index in [0.717, 1.165) is 35.3 Å². The fourth-order valence-corrected chi connectivity index (χ4v) is 3.28. The van der Waals surface area contributed by atoms with Gasteiger partial charge >= 0.3 is 5.97 Å². The number of phenolic OH excluding ortho intramolecular Hbond substituents is 1. The van der Waals surface area contributed by atoms with Gasteiger partial charge in [-0.3, -0.25) is 9.59 Å². The van der Waals surface area contributed by atoms with Crippen LogP contribution in [-0.2, 0) is 22.4 Å². The molecular weight excluding hydrogens is 332 g/mol. The highest BCUT2D eigenvalue weighted by Gasteiger charge is 2.23. The van der Waals surface area contributed by atoms with Crippen LogP contribution < -0.4 is 4.74 Å². The van der Waals surface area contributed by atoms with E-state index in [1.165, 1.54) is 13.2 Å². The van der Waals surface area contributed by atoms with E-state index >= 15 is 0 Å². The topological polar surface area (TPSA) is 72.8 Å². The number of fused-ring (bicyclic) bond motifs is 1. The number of aryl methyl sites for hydroxylation is 1. The summed E-state index contributed by atoms with van der Waals surface area (Å²) in [6.07, 6.45) is 2.72. The molecule has 0 saturated heterocycles. The normalized spacial score (nSPS) is 16.9. The van der Waals surface area contributed by atoms with Crippen LogP contribution in [0.25, 0.3) is 0 Å². The molecule has 2 aromatic rings. The lowest BCUT2D eigenvalue weighted by Gasteiger charge is -2.27. The van der Waals surface area contributed by atoms with Gasteiger partial charge in [0.25, 0.3) is 0 Å². The molecule has 0 unspecified atom stereocenters. The van der Waals surface area contributed by atoms with E-state index in [4.69, 9.17) is 9.47 Å². The molecule has 0 aliphatic carbocycles. The fraction of sp³-hybridized carbons (Fsp3) is 0.333. The van der Waals surface area contributed by atoms with Crippen molar-refractivity contribution in [3.8, 4) is 11.5 Å². The van der Waals surface area contributed by atoms with Crippen LogP contribution in [0.1, 0.15) is 46.5 Å². The van der Waals surface area contributed by atoms with Gasteiger partial charge in [-0.05, 0) is 54.2 Å². The Kier molecular flexibility index (Phi) is 5.26. The molecule has 0 bridgehead atoms. The van der Waals surface area contributed by atoms with Gasteiger partial charge in [-0.15, -0.1) is 0 Å². The third-order valence-corrected chi connectivity index (χ3v) is 4.77. The van der Waals surface area contributed by atoms with Crippen LogP contribution in [0.5, 0.6) is 11.5 Å². The van der Waals surface area contributed by atoms with Crippen molar-refractivity contribution in [2.75, 3.05) is 7.11 Å². The van der Waals surface area contributed by atoms with Crippen molar-refractivity contribution in [3.63, 3.8) is 0 Å². The summed E-state index contributed by atoms with van der Waals surface area (Å²) < 4.78 is 10.9. The molecule has 5 heteroatoms. The van der Waals surface area contributed by atoms with Crippen molar-refractivity contribution in [1.82, 2.24) is 0 Å². The second kappa shape index (κ2) is 7.60. The number of phenols is 1. The fourth-order valence-electron chi connectivity index (χ4n) is 3.28. The van der Waals surface area contributed by atoms with Crippen molar-refractivity contribution in [3.05, 3.63) is 58.7 Å². The predicted molar refractivity (Wildman–Crippen MR) is 96.5 cm³/mol. The molecule has 0 aromatic heterocycles. The highest BCUT2D eigenvalue weighted by molar-refractivity contribution is 5.79. The first-order chi connectivity index (χ1) is 12.5.